The van der Waals surface area contributed by atoms with Crippen molar-refractivity contribution in [3.63, 3.8) is 0 Å². The minimum atomic E-state index is 0.195. The van der Waals surface area contributed by atoms with Gasteiger partial charge in [0, 0.05) is 41.1 Å². The maximum atomic E-state index is 10.7. The first-order valence-electron chi connectivity index (χ1n) is 8.94. The zero-order valence-corrected chi connectivity index (χ0v) is 14.6. The Balaban J connectivity index is 1.80. The van der Waals surface area contributed by atoms with E-state index in [9.17, 15) is 5.11 Å². The number of anilines is 1. The molecule has 0 saturated heterocycles. The predicted molar refractivity (Wildman–Crippen MR) is 104 cm³/mol. The van der Waals surface area contributed by atoms with Crippen LogP contribution in [0, 0.1) is 11.3 Å². The SMILES string of the molecule is N#Cc1cncc(-c2cccc3c(N)c4c(O)n(C5CCC5)cc4nc23)c1. The normalized spacial score (nSPS) is 14.3. The molecule has 1 saturated carbocycles. The fourth-order valence-corrected chi connectivity index (χ4v) is 3.81. The van der Waals surface area contributed by atoms with E-state index in [2.05, 4.69) is 11.1 Å². The second kappa shape index (κ2) is 5.71. The third kappa shape index (κ3) is 2.25. The number of nitrogens with two attached hydrogens (primary N) is 1. The highest BCUT2D eigenvalue weighted by Gasteiger charge is 2.25. The Kier molecular flexibility index (Phi) is 3.31. The number of benzene rings is 1. The summed E-state index contributed by atoms with van der Waals surface area (Å²) in [5, 5.41) is 21.3. The van der Waals surface area contributed by atoms with E-state index in [1.165, 1.54) is 12.6 Å². The Labute approximate surface area is 155 Å². The minimum absolute atomic E-state index is 0.195. The van der Waals surface area contributed by atoms with Gasteiger partial charge in [0.2, 0.25) is 5.88 Å². The van der Waals surface area contributed by atoms with Gasteiger partial charge in [0.1, 0.15) is 6.07 Å². The van der Waals surface area contributed by atoms with Crippen LogP contribution in [0.3, 0.4) is 0 Å². The van der Waals surface area contributed by atoms with Gasteiger partial charge >= 0.3 is 0 Å². The van der Waals surface area contributed by atoms with Gasteiger partial charge < -0.3 is 15.4 Å². The zero-order valence-electron chi connectivity index (χ0n) is 14.6. The maximum Gasteiger partial charge on any atom is 0.203 e. The molecule has 6 heteroatoms. The molecule has 6 nitrogen and oxygen atoms in total. The van der Waals surface area contributed by atoms with Gasteiger partial charge in [-0.15, -0.1) is 0 Å². The average molecular weight is 355 g/mol. The van der Waals surface area contributed by atoms with Crippen molar-refractivity contribution in [3.05, 3.63) is 48.4 Å². The van der Waals surface area contributed by atoms with Crippen LogP contribution in [-0.4, -0.2) is 19.6 Å². The molecule has 0 radical (unpaired) electrons. The van der Waals surface area contributed by atoms with Crippen molar-refractivity contribution in [2.24, 2.45) is 0 Å². The number of hydrogen-bond donors (Lipinski definition) is 2. The molecule has 3 heterocycles. The van der Waals surface area contributed by atoms with Crippen LogP contribution in [0.15, 0.2) is 42.9 Å². The number of para-hydroxylation sites is 1. The molecule has 3 aromatic heterocycles. The highest BCUT2D eigenvalue weighted by atomic mass is 16.3. The number of hydrogen-bond acceptors (Lipinski definition) is 5. The van der Waals surface area contributed by atoms with E-state index in [1.807, 2.05) is 29.0 Å². The summed E-state index contributed by atoms with van der Waals surface area (Å²) in [4.78, 5) is 8.98. The predicted octanol–water partition coefficient (Wildman–Crippen LogP) is 4.14. The molecule has 3 N–H and O–H groups in total. The van der Waals surface area contributed by atoms with Crippen molar-refractivity contribution in [3.8, 4) is 23.1 Å². The Morgan fingerprint density at radius 3 is 2.85 bits per heavy atom. The van der Waals surface area contributed by atoms with Crippen molar-refractivity contribution < 1.29 is 5.11 Å². The van der Waals surface area contributed by atoms with E-state index in [0.29, 0.717) is 28.2 Å². The Morgan fingerprint density at radius 2 is 2.11 bits per heavy atom. The highest BCUT2D eigenvalue weighted by molar-refractivity contribution is 6.12. The molecule has 1 aliphatic rings. The number of fused-ring (bicyclic) bond motifs is 2. The van der Waals surface area contributed by atoms with E-state index in [4.69, 9.17) is 16.0 Å². The molecule has 0 unspecified atom stereocenters. The summed E-state index contributed by atoms with van der Waals surface area (Å²) in [6, 6.07) is 9.98. The number of nitriles is 1. The molecule has 4 aromatic rings. The second-order valence-electron chi connectivity index (χ2n) is 7.01. The fraction of sp³-hybridized carbons (Fsp3) is 0.190. The summed E-state index contributed by atoms with van der Waals surface area (Å²) in [5.74, 6) is 0.195. The molecule has 1 fully saturated rings. The van der Waals surface area contributed by atoms with Gasteiger partial charge in [0.15, 0.2) is 0 Å². The van der Waals surface area contributed by atoms with Crippen LogP contribution in [0.25, 0.3) is 32.9 Å². The zero-order chi connectivity index (χ0) is 18.5. The molecule has 0 amide bonds. The van der Waals surface area contributed by atoms with Gasteiger partial charge in [-0.1, -0.05) is 18.2 Å². The molecule has 132 valence electrons. The molecule has 5 rings (SSSR count). The molecule has 27 heavy (non-hydrogen) atoms. The van der Waals surface area contributed by atoms with Crippen LogP contribution >= 0.6 is 0 Å². The Morgan fingerprint density at radius 1 is 1.26 bits per heavy atom. The topological polar surface area (TPSA) is 101 Å². The van der Waals surface area contributed by atoms with E-state index >= 15 is 0 Å². The molecule has 0 spiro atoms. The van der Waals surface area contributed by atoms with Crippen molar-refractivity contribution in [1.29, 1.82) is 5.26 Å². The lowest BCUT2D eigenvalue weighted by Gasteiger charge is -2.27. The van der Waals surface area contributed by atoms with Crippen molar-refractivity contribution >= 4 is 27.5 Å². The van der Waals surface area contributed by atoms with E-state index in [0.717, 1.165) is 34.9 Å². The van der Waals surface area contributed by atoms with E-state index < -0.39 is 0 Å². The highest BCUT2D eigenvalue weighted by Crippen LogP contribution is 2.43. The van der Waals surface area contributed by atoms with Crippen molar-refractivity contribution in [2.75, 3.05) is 5.73 Å². The van der Waals surface area contributed by atoms with E-state index in [-0.39, 0.29) is 5.88 Å². The molecule has 1 aromatic carbocycles. The quantitative estimate of drug-likeness (QED) is 0.563. The van der Waals surface area contributed by atoms with Gasteiger partial charge in [-0.2, -0.15) is 5.26 Å². The number of nitrogen functional groups attached to an aromatic ring is 1. The van der Waals surface area contributed by atoms with E-state index in [1.54, 1.807) is 12.3 Å². The summed E-state index contributed by atoms with van der Waals surface area (Å²) >= 11 is 0. The monoisotopic (exact) mass is 355 g/mol. The van der Waals surface area contributed by atoms with Gasteiger partial charge in [-0.3, -0.25) is 4.98 Å². The summed E-state index contributed by atoms with van der Waals surface area (Å²) in [7, 11) is 0. The van der Waals surface area contributed by atoms with Crippen LogP contribution in [0.1, 0.15) is 30.9 Å². The largest absolute Gasteiger partial charge is 0.494 e. The first-order chi connectivity index (χ1) is 13.2. The molecule has 1 aliphatic carbocycles. The number of pyridine rings is 2. The smallest absolute Gasteiger partial charge is 0.203 e. The van der Waals surface area contributed by atoms with Crippen LogP contribution in [0.2, 0.25) is 0 Å². The van der Waals surface area contributed by atoms with Crippen LogP contribution in [0.4, 0.5) is 5.69 Å². The van der Waals surface area contributed by atoms with Crippen LogP contribution in [-0.2, 0) is 0 Å². The Bertz CT molecular complexity index is 1250. The van der Waals surface area contributed by atoms with Crippen molar-refractivity contribution in [1.82, 2.24) is 14.5 Å². The lowest BCUT2D eigenvalue weighted by Crippen LogP contribution is -2.15. The Hall–Kier alpha value is -3.59. The number of aromatic hydroxyl groups is 1. The molecule has 0 atom stereocenters. The first kappa shape index (κ1) is 15.6. The molecule has 0 bridgehead atoms. The lowest BCUT2D eigenvalue weighted by molar-refractivity contribution is 0.283. The summed E-state index contributed by atoms with van der Waals surface area (Å²) < 4.78 is 1.90. The summed E-state index contributed by atoms with van der Waals surface area (Å²) in [6.45, 7) is 0. The summed E-state index contributed by atoms with van der Waals surface area (Å²) in [5.41, 5.74) is 10.6. The standard InChI is InChI=1S/C21H17N5O/c22-8-12-7-13(10-24-9-12)15-5-2-6-16-19(23)18-17(25-20(15)16)11-26(21(18)27)14-3-1-4-14/h2,5-7,9-11,14,27H,1,3-4,23H2. The molecular formula is C21H17N5O. The first-order valence-corrected chi connectivity index (χ1v) is 8.94. The minimum Gasteiger partial charge on any atom is -0.494 e. The number of nitrogens with zero attached hydrogens (tertiary/aromatic N) is 4. The average Bonchev–Trinajstić information content (AvgIpc) is 2.96. The third-order valence-corrected chi connectivity index (χ3v) is 5.46. The molecule has 0 aliphatic heterocycles. The van der Waals surface area contributed by atoms with Crippen molar-refractivity contribution in [2.45, 2.75) is 25.3 Å². The third-order valence-electron chi connectivity index (χ3n) is 5.46. The second-order valence-corrected chi connectivity index (χ2v) is 7.01. The number of rotatable bonds is 2. The van der Waals surface area contributed by atoms with Gasteiger partial charge in [-0.25, -0.2) is 4.98 Å². The van der Waals surface area contributed by atoms with Gasteiger partial charge in [-0.05, 0) is 25.3 Å². The molecular weight excluding hydrogens is 338 g/mol. The maximum absolute atomic E-state index is 10.7. The fourth-order valence-electron chi connectivity index (χ4n) is 3.81. The number of aromatic nitrogens is 3. The van der Waals surface area contributed by atoms with Gasteiger partial charge in [0.05, 0.1) is 27.7 Å². The van der Waals surface area contributed by atoms with Crippen LogP contribution < -0.4 is 5.73 Å². The summed E-state index contributed by atoms with van der Waals surface area (Å²) in [6.07, 6.45) is 8.44. The van der Waals surface area contributed by atoms with Crippen LogP contribution in [0.5, 0.6) is 5.88 Å². The lowest BCUT2D eigenvalue weighted by atomic mass is 9.93. The van der Waals surface area contributed by atoms with Gasteiger partial charge in [0.25, 0.3) is 0 Å².